The monoisotopic (exact) mass is 311 g/mol. The predicted molar refractivity (Wildman–Crippen MR) is 85.1 cm³/mol. The summed E-state index contributed by atoms with van der Waals surface area (Å²) in [6.07, 6.45) is 0. The van der Waals surface area contributed by atoms with Crippen LogP contribution in [0.25, 0.3) is 0 Å². The topological polar surface area (TPSA) is 35.6 Å². The Labute approximate surface area is 128 Å². The summed E-state index contributed by atoms with van der Waals surface area (Å²) < 4.78 is 0. The van der Waals surface area contributed by atoms with Crippen LogP contribution < -0.4 is 5.32 Å². The van der Waals surface area contributed by atoms with Gasteiger partial charge in [-0.1, -0.05) is 6.07 Å². The molecule has 1 amide bonds. The molecule has 0 saturated carbocycles. The summed E-state index contributed by atoms with van der Waals surface area (Å²) in [5.41, 5.74) is 0. The van der Waals surface area contributed by atoms with Gasteiger partial charge in [0, 0.05) is 44.1 Å². The van der Waals surface area contributed by atoms with Gasteiger partial charge in [-0.2, -0.15) is 0 Å². The lowest BCUT2D eigenvalue weighted by Gasteiger charge is -2.30. The van der Waals surface area contributed by atoms with Gasteiger partial charge in [0.1, 0.15) is 5.37 Å². The van der Waals surface area contributed by atoms with Gasteiger partial charge in [-0.25, -0.2) is 0 Å². The standard InChI is InChI=1S/C14H21N3OS2/c1-11-13(18)17(9-8-16-6-4-15-5-7-16)14(20-11)12-3-2-10-19-12/h2-3,10-11,14-15H,4-9H2,1H3. The maximum atomic E-state index is 12.4. The molecule has 3 rings (SSSR count). The van der Waals surface area contributed by atoms with Crippen molar-refractivity contribution in [2.24, 2.45) is 0 Å². The maximum absolute atomic E-state index is 12.4. The molecular formula is C14H21N3OS2. The second kappa shape index (κ2) is 6.47. The molecule has 2 fully saturated rings. The molecule has 1 aromatic rings. The smallest absolute Gasteiger partial charge is 0.236 e. The number of carbonyl (C=O) groups excluding carboxylic acids is 1. The fourth-order valence-corrected chi connectivity index (χ4v) is 4.99. The molecule has 0 aliphatic carbocycles. The lowest BCUT2D eigenvalue weighted by Crippen LogP contribution is -2.46. The Morgan fingerprint density at radius 3 is 2.85 bits per heavy atom. The van der Waals surface area contributed by atoms with Crippen molar-refractivity contribution in [2.45, 2.75) is 17.5 Å². The Bertz CT molecular complexity index is 445. The quantitative estimate of drug-likeness (QED) is 0.916. The van der Waals surface area contributed by atoms with Gasteiger partial charge in [0.05, 0.1) is 5.25 Å². The number of rotatable bonds is 4. The molecule has 2 unspecified atom stereocenters. The summed E-state index contributed by atoms with van der Waals surface area (Å²) >= 11 is 3.53. The van der Waals surface area contributed by atoms with Gasteiger partial charge in [-0.15, -0.1) is 23.1 Å². The van der Waals surface area contributed by atoms with Crippen molar-refractivity contribution in [2.75, 3.05) is 39.3 Å². The van der Waals surface area contributed by atoms with E-state index >= 15 is 0 Å². The molecule has 0 bridgehead atoms. The first-order valence-corrected chi connectivity index (χ1v) is 9.00. The molecular weight excluding hydrogens is 290 g/mol. The molecule has 1 N–H and O–H groups in total. The van der Waals surface area contributed by atoms with Gasteiger partial charge in [-0.3, -0.25) is 9.69 Å². The summed E-state index contributed by atoms with van der Waals surface area (Å²) in [6, 6.07) is 4.22. The molecule has 110 valence electrons. The van der Waals surface area contributed by atoms with Crippen LogP contribution in [0.1, 0.15) is 17.2 Å². The van der Waals surface area contributed by atoms with Crippen molar-refractivity contribution < 1.29 is 4.79 Å². The van der Waals surface area contributed by atoms with Crippen molar-refractivity contribution in [3.8, 4) is 0 Å². The van der Waals surface area contributed by atoms with Crippen LogP contribution in [0, 0.1) is 0 Å². The van der Waals surface area contributed by atoms with E-state index in [0.29, 0.717) is 5.91 Å². The predicted octanol–water partition coefficient (Wildman–Crippen LogP) is 1.62. The van der Waals surface area contributed by atoms with E-state index in [1.165, 1.54) is 4.88 Å². The average Bonchev–Trinajstić information content (AvgIpc) is 3.08. The molecule has 3 heterocycles. The number of piperazine rings is 1. The summed E-state index contributed by atoms with van der Waals surface area (Å²) in [6.45, 7) is 8.17. The van der Waals surface area contributed by atoms with Gasteiger partial charge in [0.15, 0.2) is 0 Å². The zero-order chi connectivity index (χ0) is 13.9. The third-order valence-corrected chi connectivity index (χ3v) is 6.35. The number of nitrogens with one attached hydrogen (secondary N) is 1. The molecule has 0 radical (unpaired) electrons. The minimum Gasteiger partial charge on any atom is -0.323 e. The number of carbonyl (C=O) groups is 1. The van der Waals surface area contributed by atoms with Crippen LogP contribution in [0.5, 0.6) is 0 Å². The third kappa shape index (κ3) is 3.03. The zero-order valence-corrected chi connectivity index (χ0v) is 13.4. The summed E-state index contributed by atoms with van der Waals surface area (Å²) in [5, 5.41) is 5.77. The average molecular weight is 311 g/mol. The van der Waals surface area contributed by atoms with E-state index in [2.05, 4.69) is 32.6 Å². The Balaban J connectivity index is 1.63. The van der Waals surface area contributed by atoms with Crippen LogP contribution in [0.4, 0.5) is 0 Å². The molecule has 1 aromatic heterocycles. The largest absolute Gasteiger partial charge is 0.323 e. The minimum atomic E-state index is 0.0881. The lowest BCUT2D eigenvalue weighted by atomic mass is 10.3. The first-order chi connectivity index (χ1) is 9.75. The molecule has 0 spiro atoms. The van der Waals surface area contributed by atoms with Gasteiger partial charge in [0.25, 0.3) is 0 Å². The SMILES string of the molecule is CC1SC(c2cccs2)N(CCN2CCNCC2)C1=O. The Hall–Kier alpha value is -0.560. The zero-order valence-electron chi connectivity index (χ0n) is 11.7. The normalized spacial score (nSPS) is 28.2. The second-order valence-corrected chi connectivity index (χ2v) is 7.67. The number of hydrogen-bond donors (Lipinski definition) is 1. The van der Waals surface area contributed by atoms with E-state index in [1.54, 1.807) is 23.1 Å². The van der Waals surface area contributed by atoms with Crippen molar-refractivity contribution in [3.63, 3.8) is 0 Å². The lowest BCUT2D eigenvalue weighted by molar-refractivity contribution is -0.130. The third-order valence-electron chi connectivity index (χ3n) is 3.90. The van der Waals surface area contributed by atoms with E-state index in [4.69, 9.17) is 0 Å². The Kier molecular flexibility index (Phi) is 4.65. The Morgan fingerprint density at radius 1 is 1.35 bits per heavy atom. The highest BCUT2D eigenvalue weighted by atomic mass is 32.2. The molecule has 2 saturated heterocycles. The summed E-state index contributed by atoms with van der Waals surface area (Å²) in [5.74, 6) is 0.295. The molecule has 2 aliphatic rings. The first kappa shape index (κ1) is 14.4. The van der Waals surface area contributed by atoms with Crippen LogP contribution >= 0.6 is 23.1 Å². The number of thioether (sulfide) groups is 1. The molecule has 2 aliphatic heterocycles. The van der Waals surface area contributed by atoms with Gasteiger partial charge >= 0.3 is 0 Å². The highest BCUT2D eigenvalue weighted by molar-refractivity contribution is 8.01. The van der Waals surface area contributed by atoms with Crippen LogP contribution in [0.3, 0.4) is 0 Å². The van der Waals surface area contributed by atoms with E-state index in [1.807, 2.05) is 6.92 Å². The second-order valence-electron chi connectivity index (χ2n) is 5.27. The molecule has 20 heavy (non-hydrogen) atoms. The van der Waals surface area contributed by atoms with E-state index in [9.17, 15) is 4.79 Å². The molecule has 0 aromatic carbocycles. The molecule has 6 heteroatoms. The fourth-order valence-electron chi connectivity index (χ4n) is 2.74. The van der Waals surface area contributed by atoms with Crippen molar-refractivity contribution in [3.05, 3.63) is 22.4 Å². The molecule has 4 nitrogen and oxygen atoms in total. The number of thiophene rings is 1. The maximum Gasteiger partial charge on any atom is 0.236 e. The van der Waals surface area contributed by atoms with Gasteiger partial charge < -0.3 is 10.2 Å². The van der Waals surface area contributed by atoms with E-state index in [0.717, 1.165) is 39.3 Å². The fraction of sp³-hybridized carbons (Fsp3) is 0.643. The van der Waals surface area contributed by atoms with Crippen LogP contribution in [0.2, 0.25) is 0 Å². The van der Waals surface area contributed by atoms with Gasteiger partial charge in [0.2, 0.25) is 5.91 Å². The van der Waals surface area contributed by atoms with Crippen LogP contribution in [-0.2, 0) is 4.79 Å². The summed E-state index contributed by atoms with van der Waals surface area (Å²) in [4.78, 5) is 18.2. The highest BCUT2D eigenvalue weighted by Gasteiger charge is 2.38. The van der Waals surface area contributed by atoms with E-state index in [-0.39, 0.29) is 10.6 Å². The number of amides is 1. The first-order valence-electron chi connectivity index (χ1n) is 7.18. The van der Waals surface area contributed by atoms with Crippen LogP contribution in [-0.4, -0.2) is 60.2 Å². The van der Waals surface area contributed by atoms with Crippen molar-refractivity contribution in [1.29, 1.82) is 0 Å². The van der Waals surface area contributed by atoms with Crippen LogP contribution in [0.15, 0.2) is 17.5 Å². The number of nitrogens with zero attached hydrogens (tertiary/aromatic N) is 2. The highest BCUT2D eigenvalue weighted by Crippen LogP contribution is 2.44. The molecule has 2 atom stereocenters. The van der Waals surface area contributed by atoms with Crippen molar-refractivity contribution in [1.82, 2.24) is 15.1 Å². The summed E-state index contributed by atoms with van der Waals surface area (Å²) in [7, 11) is 0. The van der Waals surface area contributed by atoms with E-state index < -0.39 is 0 Å². The Morgan fingerprint density at radius 2 is 2.15 bits per heavy atom. The van der Waals surface area contributed by atoms with Gasteiger partial charge in [-0.05, 0) is 18.4 Å². The number of hydrogen-bond acceptors (Lipinski definition) is 5. The van der Waals surface area contributed by atoms with Crippen molar-refractivity contribution >= 4 is 29.0 Å². The minimum absolute atomic E-state index is 0.0881.